The lowest BCUT2D eigenvalue weighted by Crippen LogP contribution is -2.30. The summed E-state index contributed by atoms with van der Waals surface area (Å²) in [4.78, 5) is 13.7. The lowest BCUT2D eigenvalue weighted by molar-refractivity contribution is -0.130. The second-order valence-corrected chi connectivity index (χ2v) is 5.80. The molecular weight excluding hydrogens is 270 g/mol. The Labute approximate surface area is 132 Å². The predicted octanol–water partition coefficient (Wildman–Crippen LogP) is 4.73. The molecule has 2 aromatic rings. The van der Waals surface area contributed by atoms with Gasteiger partial charge in [-0.1, -0.05) is 54.6 Å². The van der Waals surface area contributed by atoms with Crippen LogP contribution in [0.1, 0.15) is 31.7 Å². The Morgan fingerprint density at radius 3 is 2.32 bits per heavy atom. The maximum absolute atomic E-state index is 11.9. The second-order valence-electron chi connectivity index (χ2n) is 5.80. The lowest BCUT2D eigenvalue weighted by atomic mass is 10.0. The van der Waals surface area contributed by atoms with E-state index in [2.05, 4.69) is 55.5 Å². The van der Waals surface area contributed by atoms with Gasteiger partial charge in [-0.2, -0.15) is 0 Å². The van der Waals surface area contributed by atoms with Crippen molar-refractivity contribution in [2.45, 2.75) is 26.2 Å². The van der Waals surface area contributed by atoms with Gasteiger partial charge >= 0.3 is 0 Å². The van der Waals surface area contributed by atoms with E-state index in [1.807, 2.05) is 17.2 Å². The second kappa shape index (κ2) is 6.61. The molecule has 3 rings (SSSR count). The molecule has 0 aromatic heterocycles. The van der Waals surface area contributed by atoms with Gasteiger partial charge in [-0.05, 0) is 42.0 Å². The highest BCUT2D eigenvalue weighted by Crippen LogP contribution is 2.23. The Morgan fingerprint density at radius 2 is 1.64 bits per heavy atom. The first-order chi connectivity index (χ1) is 10.7. The van der Waals surface area contributed by atoms with E-state index >= 15 is 0 Å². The fraction of sp³-hybridized carbons (Fsp3) is 0.250. The molecule has 0 aliphatic carbocycles. The molecule has 0 N–H and O–H groups in total. The van der Waals surface area contributed by atoms with Crippen LogP contribution >= 0.6 is 0 Å². The first-order valence-electron chi connectivity index (χ1n) is 7.88. The molecule has 2 nitrogen and oxygen atoms in total. The van der Waals surface area contributed by atoms with Crippen LogP contribution in [0.4, 0.5) is 0 Å². The summed E-state index contributed by atoms with van der Waals surface area (Å²) in [5, 5.41) is 0. The van der Waals surface area contributed by atoms with Crippen molar-refractivity contribution in [1.29, 1.82) is 0 Å². The van der Waals surface area contributed by atoms with E-state index in [1.54, 1.807) is 0 Å². The highest BCUT2D eigenvalue weighted by Gasteiger charge is 2.16. The molecule has 0 bridgehead atoms. The summed E-state index contributed by atoms with van der Waals surface area (Å²) in [6.07, 6.45) is 4.80. The first-order valence-corrected chi connectivity index (χ1v) is 7.88. The van der Waals surface area contributed by atoms with Gasteiger partial charge in [0, 0.05) is 19.2 Å². The van der Waals surface area contributed by atoms with E-state index in [0.717, 1.165) is 30.5 Å². The minimum absolute atomic E-state index is 0.242. The maximum atomic E-state index is 11.9. The van der Waals surface area contributed by atoms with Crippen LogP contribution in [0.3, 0.4) is 0 Å². The van der Waals surface area contributed by atoms with E-state index in [1.165, 1.54) is 11.1 Å². The molecule has 0 radical (unpaired) electrons. The van der Waals surface area contributed by atoms with Gasteiger partial charge in [0.1, 0.15) is 0 Å². The normalized spacial score (nSPS) is 16.0. The van der Waals surface area contributed by atoms with Crippen LogP contribution < -0.4 is 0 Å². The van der Waals surface area contributed by atoms with Gasteiger partial charge in [0.2, 0.25) is 5.91 Å². The number of likely N-dealkylation sites (tertiary alicyclic amines) is 1. The van der Waals surface area contributed by atoms with Gasteiger partial charge in [-0.15, -0.1) is 0 Å². The monoisotopic (exact) mass is 291 g/mol. The third kappa shape index (κ3) is 3.28. The zero-order valence-electron chi connectivity index (χ0n) is 13.0. The van der Waals surface area contributed by atoms with Crippen LogP contribution in [-0.4, -0.2) is 17.4 Å². The van der Waals surface area contributed by atoms with Gasteiger partial charge in [-0.3, -0.25) is 4.79 Å². The highest BCUT2D eigenvalue weighted by atomic mass is 16.2. The van der Waals surface area contributed by atoms with Crippen molar-refractivity contribution in [2.75, 3.05) is 6.54 Å². The highest BCUT2D eigenvalue weighted by molar-refractivity contribution is 5.80. The van der Waals surface area contributed by atoms with Crippen molar-refractivity contribution in [3.05, 3.63) is 66.4 Å². The molecule has 0 atom stereocenters. The molecule has 22 heavy (non-hydrogen) atoms. The number of piperidine rings is 1. The van der Waals surface area contributed by atoms with Crippen LogP contribution in [0.15, 0.2) is 60.8 Å². The fourth-order valence-electron chi connectivity index (χ4n) is 2.83. The van der Waals surface area contributed by atoms with Gasteiger partial charge in [0.15, 0.2) is 0 Å². The lowest BCUT2D eigenvalue weighted by Gasteiger charge is -2.24. The largest absolute Gasteiger partial charge is 0.319 e. The molecule has 1 heterocycles. The SMILES string of the molecule is C/C(=C\N1CCCCC1=O)c1ccc(-c2ccccc2)cc1. The van der Waals surface area contributed by atoms with Gasteiger partial charge in [0.05, 0.1) is 0 Å². The van der Waals surface area contributed by atoms with Crippen LogP contribution in [0, 0.1) is 0 Å². The predicted molar refractivity (Wildman–Crippen MR) is 91.1 cm³/mol. The summed E-state index contributed by atoms with van der Waals surface area (Å²) >= 11 is 0. The number of carbonyl (C=O) groups is 1. The Hall–Kier alpha value is -2.35. The summed E-state index contributed by atoms with van der Waals surface area (Å²) in [5.41, 5.74) is 4.74. The number of hydrogen-bond donors (Lipinski definition) is 0. The summed E-state index contributed by atoms with van der Waals surface area (Å²) in [7, 11) is 0. The van der Waals surface area contributed by atoms with E-state index in [0.29, 0.717) is 6.42 Å². The molecule has 1 amide bonds. The zero-order chi connectivity index (χ0) is 15.4. The number of rotatable bonds is 3. The number of nitrogens with zero attached hydrogens (tertiary/aromatic N) is 1. The molecule has 1 fully saturated rings. The molecule has 2 aromatic carbocycles. The number of hydrogen-bond acceptors (Lipinski definition) is 1. The smallest absolute Gasteiger partial charge is 0.226 e. The Balaban J connectivity index is 1.79. The van der Waals surface area contributed by atoms with Crippen molar-refractivity contribution in [2.24, 2.45) is 0 Å². The summed E-state index contributed by atoms with van der Waals surface area (Å²) in [6, 6.07) is 18.9. The Bertz CT molecular complexity index is 671. The standard InChI is InChI=1S/C20H21NO/c1-16(15-21-14-6-5-9-20(21)22)17-10-12-19(13-11-17)18-7-3-2-4-8-18/h2-4,7-8,10-13,15H,5-6,9,14H2,1H3/b16-15+. The van der Waals surface area contributed by atoms with Crippen molar-refractivity contribution in [1.82, 2.24) is 4.90 Å². The first kappa shape index (κ1) is 14.6. The van der Waals surface area contributed by atoms with E-state index < -0.39 is 0 Å². The number of amides is 1. The molecule has 2 heteroatoms. The molecule has 0 spiro atoms. The summed E-state index contributed by atoms with van der Waals surface area (Å²) in [6.45, 7) is 2.91. The number of allylic oxidation sites excluding steroid dienone is 1. The number of benzene rings is 2. The number of carbonyl (C=O) groups excluding carboxylic acids is 1. The van der Waals surface area contributed by atoms with E-state index in [-0.39, 0.29) is 5.91 Å². The van der Waals surface area contributed by atoms with Crippen LogP contribution in [0.5, 0.6) is 0 Å². The van der Waals surface area contributed by atoms with Gasteiger partial charge in [-0.25, -0.2) is 0 Å². The fourth-order valence-corrected chi connectivity index (χ4v) is 2.83. The van der Waals surface area contributed by atoms with Crippen molar-refractivity contribution >= 4 is 11.5 Å². The molecule has 0 unspecified atom stereocenters. The van der Waals surface area contributed by atoms with Crippen LogP contribution in [0.2, 0.25) is 0 Å². The van der Waals surface area contributed by atoms with Crippen LogP contribution in [0.25, 0.3) is 16.7 Å². The third-order valence-electron chi connectivity index (χ3n) is 4.16. The van der Waals surface area contributed by atoms with Crippen molar-refractivity contribution in [3.8, 4) is 11.1 Å². The topological polar surface area (TPSA) is 20.3 Å². The molecular formula is C20H21NO. The Kier molecular flexibility index (Phi) is 4.38. The van der Waals surface area contributed by atoms with Crippen LogP contribution in [-0.2, 0) is 4.79 Å². The average molecular weight is 291 g/mol. The molecule has 112 valence electrons. The van der Waals surface area contributed by atoms with Gasteiger partial charge < -0.3 is 4.90 Å². The summed E-state index contributed by atoms with van der Waals surface area (Å²) in [5.74, 6) is 0.242. The third-order valence-corrected chi connectivity index (χ3v) is 4.16. The van der Waals surface area contributed by atoms with E-state index in [9.17, 15) is 4.79 Å². The summed E-state index contributed by atoms with van der Waals surface area (Å²) < 4.78 is 0. The minimum Gasteiger partial charge on any atom is -0.319 e. The minimum atomic E-state index is 0.242. The van der Waals surface area contributed by atoms with E-state index in [4.69, 9.17) is 0 Å². The molecule has 1 aliphatic rings. The van der Waals surface area contributed by atoms with Crippen molar-refractivity contribution < 1.29 is 4.79 Å². The molecule has 0 saturated carbocycles. The maximum Gasteiger partial charge on any atom is 0.226 e. The van der Waals surface area contributed by atoms with Gasteiger partial charge in [0.25, 0.3) is 0 Å². The quantitative estimate of drug-likeness (QED) is 0.800. The molecule has 1 saturated heterocycles. The zero-order valence-corrected chi connectivity index (χ0v) is 13.0. The average Bonchev–Trinajstić information content (AvgIpc) is 2.58. The Morgan fingerprint density at radius 1 is 0.955 bits per heavy atom. The van der Waals surface area contributed by atoms with Crippen molar-refractivity contribution in [3.63, 3.8) is 0 Å². The molecule has 1 aliphatic heterocycles.